The van der Waals surface area contributed by atoms with E-state index in [1.165, 1.54) is 0 Å². The summed E-state index contributed by atoms with van der Waals surface area (Å²) in [5.74, 6) is 1.18. The summed E-state index contributed by atoms with van der Waals surface area (Å²) >= 11 is 6.07. The number of amides is 2. The molecule has 0 fully saturated rings. The minimum atomic E-state index is -0.390. The lowest BCUT2D eigenvalue weighted by atomic mass is 10.2. The molecule has 2 rings (SSSR count). The lowest BCUT2D eigenvalue weighted by molar-refractivity contribution is 0.262. The molecule has 8 heteroatoms. The van der Waals surface area contributed by atoms with E-state index in [4.69, 9.17) is 11.6 Å². The molecule has 7 nitrogen and oxygen atoms in total. The van der Waals surface area contributed by atoms with Crippen LogP contribution in [0.3, 0.4) is 0 Å². The van der Waals surface area contributed by atoms with Gasteiger partial charge in [-0.2, -0.15) is 4.98 Å². The first-order chi connectivity index (χ1) is 11.3. The zero-order chi connectivity index (χ0) is 17.9. The summed E-state index contributed by atoms with van der Waals surface area (Å²) < 4.78 is 0. The number of benzene rings is 1. The van der Waals surface area contributed by atoms with Crippen LogP contribution in [0, 0.1) is 6.92 Å². The SMILES string of the molecule is Cc1ccc(NC(=O)Nc2cnc(N(C)C)nc2N(C)C)cc1Cl. The number of carbonyl (C=O) groups is 1. The molecule has 128 valence electrons. The molecule has 0 saturated carbocycles. The number of nitrogens with zero attached hydrogens (tertiary/aromatic N) is 4. The standard InChI is InChI=1S/C16H21ClN6O/c1-10-6-7-11(8-12(10)17)19-16(24)20-13-9-18-15(23(4)5)21-14(13)22(2)3/h6-9H,1-5H3,(H2,19,20,24). The molecule has 0 bridgehead atoms. The second kappa shape index (κ2) is 7.35. The van der Waals surface area contributed by atoms with Gasteiger partial charge in [0.15, 0.2) is 5.82 Å². The van der Waals surface area contributed by atoms with E-state index in [9.17, 15) is 4.79 Å². The monoisotopic (exact) mass is 348 g/mol. The van der Waals surface area contributed by atoms with Gasteiger partial charge in [0.25, 0.3) is 0 Å². The summed E-state index contributed by atoms with van der Waals surface area (Å²) in [6.07, 6.45) is 1.58. The van der Waals surface area contributed by atoms with Gasteiger partial charge in [-0.25, -0.2) is 9.78 Å². The van der Waals surface area contributed by atoms with Crippen molar-refractivity contribution in [3.63, 3.8) is 0 Å². The number of hydrogen-bond acceptors (Lipinski definition) is 5. The zero-order valence-electron chi connectivity index (χ0n) is 14.4. The molecule has 0 spiro atoms. The molecule has 1 aromatic heterocycles. The predicted molar refractivity (Wildman–Crippen MR) is 99.5 cm³/mol. The second-order valence-electron chi connectivity index (χ2n) is 5.74. The number of aromatic nitrogens is 2. The van der Waals surface area contributed by atoms with Gasteiger partial charge in [-0.05, 0) is 24.6 Å². The molecular weight excluding hydrogens is 328 g/mol. The minimum Gasteiger partial charge on any atom is -0.361 e. The van der Waals surface area contributed by atoms with E-state index in [-0.39, 0.29) is 6.03 Å². The van der Waals surface area contributed by atoms with Crippen LogP contribution in [0.15, 0.2) is 24.4 Å². The Morgan fingerprint density at radius 3 is 2.42 bits per heavy atom. The van der Waals surface area contributed by atoms with Gasteiger partial charge < -0.3 is 20.4 Å². The Balaban J connectivity index is 2.17. The zero-order valence-corrected chi connectivity index (χ0v) is 15.1. The van der Waals surface area contributed by atoms with Crippen molar-refractivity contribution in [2.45, 2.75) is 6.92 Å². The third-order valence-electron chi connectivity index (χ3n) is 3.26. The maximum Gasteiger partial charge on any atom is 0.323 e. The van der Waals surface area contributed by atoms with Gasteiger partial charge >= 0.3 is 6.03 Å². The van der Waals surface area contributed by atoms with Crippen LogP contribution in [-0.2, 0) is 0 Å². The summed E-state index contributed by atoms with van der Waals surface area (Å²) in [5, 5.41) is 6.10. The van der Waals surface area contributed by atoms with Crippen molar-refractivity contribution >= 4 is 40.8 Å². The number of nitrogens with one attached hydrogen (secondary N) is 2. The van der Waals surface area contributed by atoms with Crippen LogP contribution in [0.5, 0.6) is 0 Å². The van der Waals surface area contributed by atoms with Gasteiger partial charge in [0, 0.05) is 38.9 Å². The molecule has 1 heterocycles. The molecule has 2 amide bonds. The number of urea groups is 1. The lowest BCUT2D eigenvalue weighted by Crippen LogP contribution is -2.23. The molecular formula is C16H21ClN6O. The van der Waals surface area contributed by atoms with Gasteiger partial charge in [-0.1, -0.05) is 17.7 Å². The molecule has 0 radical (unpaired) electrons. The molecule has 0 unspecified atom stereocenters. The van der Waals surface area contributed by atoms with Crippen molar-refractivity contribution in [1.29, 1.82) is 0 Å². The largest absolute Gasteiger partial charge is 0.361 e. The highest BCUT2D eigenvalue weighted by Crippen LogP contribution is 2.24. The second-order valence-corrected chi connectivity index (χ2v) is 6.15. The fourth-order valence-corrected chi connectivity index (χ4v) is 2.14. The fourth-order valence-electron chi connectivity index (χ4n) is 1.96. The van der Waals surface area contributed by atoms with E-state index in [2.05, 4.69) is 20.6 Å². The topological polar surface area (TPSA) is 73.4 Å². The van der Waals surface area contributed by atoms with Gasteiger partial charge in [0.05, 0.1) is 6.20 Å². The molecule has 24 heavy (non-hydrogen) atoms. The molecule has 2 aromatic rings. The third-order valence-corrected chi connectivity index (χ3v) is 3.66. The lowest BCUT2D eigenvalue weighted by Gasteiger charge is -2.19. The number of carbonyl (C=O) groups excluding carboxylic acids is 1. The van der Waals surface area contributed by atoms with E-state index in [1.807, 2.05) is 46.1 Å². The van der Waals surface area contributed by atoms with Gasteiger partial charge in [0.2, 0.25) is 5.95 Å². The van der Waals surface area contributed by atoms with Crippen molar-refractivity contribution < 1.29 is 4.79 Å². The van der Waals surface area contributed by atoms with Crippen molar-refractivity contribution in [3.8, 4) is 0 Å². The highest BCUT2D eigenvalue weighted by molar-refractivity contribution is 6.31. The molecule has 0 atom stereocenters. The molecule has 0 aliphatic heterocycles. The summed E-state index contributed by atoms with van der Waals surface area (Å²) in [4.78, 5) is 24.5. The van der Waals surface area contributed by atoms with Crippen LogP contribution in [-0.4, -0.2) is 44.2 Å². The first kappa shape index (κ1) is 17.8. The van der Waals surface area contributed by atoms with Crippen LogP contribution in [0.4, 0.5) is 27.9 Å². The average Bonchev–Trinajstić information content (AvgIpc) is 2.50. The Morgan fingerprint density at radius 1 is 1.12 bits per heavy atom. The van der Waals surface area contributed by atoms with Crippen molar-refractivity contribution in [2.24, 2.45) is 0 Å². The van der Waals surface area contributed by atoms with Crippen molar-refractivity contribution in [3.05, 3.63) is 35.0 Å². The van der Waals surface area contributed by atoms with Gasteiger partial charge in [-0.15, -0.1) is 0 Å². The Morgan fingerprint density at radius 2 is 1.83 bits per heavy atom. The normalized spacial score (nSPS) is 10.2. The molecule has 0 aliphatic carbocycles. The molecule has 1 aromatic carbocycles. The quantitative estimate of drug-likeness (QED) is 0.887. The Bertz CT molecular complexity index is 747. The highest BCUT2D eigenvalue weighted by atomic mass is 35.5. The molecule has 2 N–H and O–H groups in total. The average molecular weight is 349 g/mol. The molecule has 0 aliphatic rings. The minimum absolute atomic E-state index is 0.390. The van der Waals surface area contributed by atoms with Gasteiger partial charge in [-0.3, -0.25) is 0 Å². The maximum atomic E-state index is 12.2. The number of anilines is 4. The van der Waals surface area contributed by atoms with E-state index >= 15 is 0 Å². The van der Waals surface area contributed by atoms with E-state index in [1.54, 1.807) is 23.2 Å². The Kier molecular flexibility index (Phi) is 5.46. The van der Waals surface area contributed by atoms with Crippen LogP contribution >= 0.6 is 11.6 Å². The van der Waals surface area contributed by atoms with Gasteiger partial charge in [0.1, 0.15) is 5.69 Å². The number of hydrogen-bond donors (Lipinski definition) is 2. The third kappa shape index (κ3) is 4.26. The smallest absolute Gasteiger partial charge is 0.323 e. The first-order valence-corrected chi connectivity index (χ1v) is 7.71. The number of rotatable bonds is 4. The van der Waals surface area contributed by atoms with Crippen LogP contribution in [0.2, 0.25) is 5.02 Å². The van der Waals surface area contributed by atoms with Crippen LogP contribution < -0.4 is 20.4 Å². The van der Waals surface area contributed by atoms with Crippen molar-refractivity contribution in [2.75, 3.05) is 48.6 Å². The Hall–Kier alpha value is -2.54. The fraction of sp³-hybridized carbons (Fsp3) is 0.312. The number of aryl methyl sites for hydroxylation is 1. The first-order valence-electron chi connectivity index (χ1n) is 7.33. The maximum absolute atomic E-state index is 12.2. The molecule has 0 saturated heterocycles. The predicted octanol–water partition coefficient (Wildman–Crippen LogP) is 3.21. The highest BCUT2D eigenvalue weighted by Gasteiger charge is 2.13. The summed E-state index contributed by atoms with van der Waals surface area (Å²) in [6.45, 7) is 1.90. The summed E-state index contributed by atoms with van der Waals surface area (Å²) in [6, 6.07) is 4.95. The van der Waals surface area contributed by atoms with E-state index in [0.717, 1.165) is 5.56 Å². The van der Waals surface area contributed by atoms with E-state index in [0.29, 0.717) is 28.2 Å². The van der Waals surface area contributed by atoms with Crippen LogP contribution in [0.1, 0.15) is 5.56 Å². The number of halogens is 1. The summed E-state index contributed by atoms with van der Waals surface area (Å²) in [7, 11) is 7.42. The summed E-state index contributed by atoms with van der Waals surface area (Å²) in [5.41, 5.74) is 2.08. The van der Waals surface area contributed by atoms with E-state index < -0.39 is 0 Å². The van der Waals surface area contributed by atoms with Crippen LogP contribution in [0.25, 0.3) is 0 Å². The Labute approximate surface area is 146 Å². The van der Waals surface area contributed by atoms with Crippen molar-refractivity contribution in [1.82, 2.24) is 9.97 Å².